The molecular formula is C15H29F3N2. The Morgan fingerprint density at radius 2 is 1.85 bits per heavy atom. The Labute approximate surface area is 120 Å². The van der Waals surface area contributed by atoms with E-state index in [0.717, 1.165) is 13.0 Å². The van der Waals surface area contributed by atoms with Crippen molar-refractivity contribution in [1.82, 2.24) is 4.90 Å². The Kier molecular flexibility index (Phi) is 5.90. The lowest BCUT2D eigenvalue weighted by Gasteiger charge is -2.51. The van der Waals surface area contributed by atoms with Crippen LogP contribution < -0.4 is 5.73 Å². The highest BCUT2D eigenvalue weighted by atomic mass is 19.4. The van der Waals surface area contributed by atoms with Crippen molar-refractivity contribution in [3.05, 3.63) is 0 Å². The third-order valence-electron chi connectivity index (χ3n) is 4.46. The molecule has 2 atom stereocenters. The average molecular weight is 294 g/mol. The van der Waals surface area contributed by atoms with E-state index >= 15 is 0 Å². The van der Waals surface area contributed by atoms with Gasteiger partial charge in [-0.05, 0) is 39.0 Å². The number of rotatable bonds is 5. The van der Waals surface area contributed by atoms with E-state index in [1.54, 1.807) is 0 Å². The fourth-order valence-corrected chi connectivity index (χ4v) is 3.53. The van der Waals surface area contributed by atoms with Crippen LogP contribution in [-0.2, 0) is 0 Å². The SMILES string of the molecule is CC(C)CN(C(C)C)C1(CN)CCCC(C(F)(F)F)C1. The minimum atomic E-state index is -4.10. The average Bonchev–Trinajstić information content (AvgIpc) is 2.34. The van der Waals surface area contributed by atoms with Crippen LogP contribution in [0.15, 0.2) is 0 Å². The van der Waals surface area contributed by atoms with Gasteiger partial charge in [0.2, 0.25) is 0 Å². The van der Waals surface area contributed by atoms with Crippen LogP contribution in [0, 0.1) is 11.8 Å². The minimum absolute atomic E-state index is 0.151. The monoisotopic (exact) mass is 294 g/mol. The van der Waals surface area contributed by atoms with Crippen molar-refractivity contribution < 1.29 is 13.2 Å². The summed E-state index contributed by atoms with van der Waals surface area (Å²) < 4.78 is 39.3. The molecule has 5 heteroatoms. The van der Waals surface area contributed by atoms with E-state index in [0.29, 0.717) is 18.9 Å². The summed E-state index contributed by atoms with van der Waals surface area (Å²) in [7, 11) is 0. The Morgan fingerprint density at radius 1 is 1.25 bits per heavy atom. The van der Waals surface area contributed by atoms with Gasteiger partial charge in [0, 0.05) is 24.7 Å². The summed E-state index contributed by atoms with van der Waals surface area (Å²) in [5, 5.41) is 0. The summed E-state index contributed by atoms with van der Waals surface area (Å²) in [5.74, 6) is -0.777. The lowest BCUT2D eigenvalue weighted by atomic mass is 9.73. The predicted octanol–water partition coefficient (Wildman–Crippen LogP) is 3.80. The van der Waals surface area contributed by atoms with Crippen LogP contribution in [0.3, 0.4) is 0 Å². The summed E-state index contributed by atoms with van der Waals surface area (Å²) >= 11 is 0. The Hall–Kier alpha value is -0.290. The first-order chi connectivity index (χ1) is 9.12. The van der Waals surface area contributed by atoms with Crippen LogP contribution in [0.25, 0.3) is 0 Å². The molecule has 0 bridgehead atoms. The number of halogens is 3. The Morgan fingerprint density at radius 3 is 2.25 bits per heavy atom. The zero-order valence-electron chi connectivity index (χ0n) is 13.1. The number of hydrogen-bond acceptors (Lipinski definition) is 2. The Bertz CT molecular complexity index is 302. The van der Waals surface area contributed by atoms with Crippen LogP contribution in [0.1, 0.15) is 53.4 Å². The molecule has 120 valence electrons. The van der Waals surface area contributed by atoms with Crippen molar-refractivity contribution in [2.45, 2.75) is 71.1 Å². The van der Waals surface area contributed by atoms with Crippen molar-refractivity contribution in [3.63, 3.8) is 0 Å². The van der Waals surface area contributed by atoms with Gasteiger partial charge in [0.15, 0.2) is 0 Å². The molecule has 0 saturated heterocycles. The van der Waals surface area contributed by atoms with Crippen LogP contribution in [-0.4, -0.2) is 35.7 Å². The van der Waals surface area contributed by atoms with Gasteiger partial charge in [-0.2, -0.15) is 13.2 Å². The summed E-state index contributed by atoms with van der Waals surface area (Å²) in [6, 6.07) is 0.216. The maximum Gasteiger partial charge on any atom is 0.391 e. The zero-order chi connectivity index (χ0) is 15.6. The summed E-state index contributed by atoms with van der Waals surface area (Å²) in [5.41, 5.74) is 5.46. The van der Waals surface area contributed by atoms with E-state index in [-0.39, 0.29) is 18.9 Å². The Balaban J connectivity index is 2.98. The largest absolute Gasteiger partial charge is 0.391 e. The molecule has 0 aromatic carbocycles. The molecule has 0 spiro atoms. The van der Waals surface area contributed by atoms with Gasteiger partial charge in [-0.3, -0.25) is 4.90 Å². The van der Waals surface area contributed by atoms with E-state index in [1.165, 1.54) is 0 Å². The van der Waals surface area contributed by atoms with E-state index < -0.39 is 17.6 Å². The molecule has 0 aromatic rings. The van der Waals surface area contributed by atoms with Crippen molar-refractivity contribution >= 4 is 0 Å². The molecule has 0 heterocycles. The van der Waals surface area contributed by atoms with Crippen molar-refractivity contribution in [3.8, 4) is 0 Å². The molecule has 0 amide bonds. The van der Waals surface area contributed by atoms with Gasteiger partial charge in [0.1, 0.15) is 0 Å². The second-order valence-corrected chi connectivity index (χ2v) is 6.90. The molecule has 0 aliphatic heterocycles. The summed E-state index contributed by atoms with van der Waals surface area (Å²) in [6.45, 7) is 9.42. The van der Waals surface area contributed by atoms with Gasteiger partial charge in [-0.15, -0.1) is 0 Å². The van der Waals surface area contributed by atoms with Crippen LogP contribution >= 0.6 is 0 Å². The molecule has 1 saturated carbocycles. The minimum Gasteiger partial charge on any atom is -0.329 e. The van der Waals surface area contributed by atoms with Gasteiger partial charge in [-0.1, -0.05) is 20.3 Å². The fraction of sp³-hybridized carbons (Fsp3) is 1.00. The normalized spacial score (nSPS) is 28.6. The second kappa shape index (κ2) is 6.65. The van der Waals surface area contributed by atoms with Crippen LogP contribution in [0.4, 0.5) is 13.2 Å². The smallest absolute Gasteiger partial charge is 0.329 e. The lowest BCUT2D eigenvalue weighted by molar-refractivity contribution is -0.195. The number of nitrogens with two attached hydrogens (primary N) is 1. The molecule has 2 nitrogen and oxygen atoms in total. The standard InChI is InChI=1S/C15H29F3N2/c1-11(2)9-20(12(3)4)14(10-19)7-5-6-13(8-14)15(16,17)18/h11-13H,5-10,19H2,1-4H3. The third-order valence-corrected chi connectivity index (χ3v) is 4.46. The first-order valence-electron chi connectivity index (χ1n) is 7.66. The van der Waals surface area contributed by atoms with Gasteiger partial charge < -0.3 is 5.73 Å². The van der Waals surface area contributed by atoms with Crippen molar-refractivity contribution in [1.29, 1.82) is 0 Å². The van der Waals surface area contributed by atoms with E-state index in [9.17, 15) is 13.2 Å². The van der Waals surface area contributed by atoms with E-state index in [4.69, 9.17) is 5.73 Å². The summed E-state index contributed by atoms with van der Waals surface area (Å²) in [4.78, 5) is 2.22. The van der Waals surface area contributed by atoms with Gasteiger partial charge in [0.25, 0.3) is 0 Å². The van der Waals surface area contributed by atoms with E-state index in [1.807, 2.05) is 0 Å². The van der Waals surface area contributed by atoms with Gasteiger partial charge in [-0.25, -0.2) is 0 Å². The van der Waals surface area contributed by atoms with E-state index in [2.05, 4.69) is 32.6 Å². The first-order valence-corrected chi connectivity index (χ1v) is 7.66. The third kappa shape index (κ3) is 4.10. The molecule has 1 fully saturated rings. The maximum atomic E-state index is 13.1. The van der Waals surface area contributed by atoms with Crippen molar-refractivity contribution in [2.24, 2.45) is 17.6 Å². The number of alkyl halides is 3. The molecule has 1 aliphatic rings. The van der Waals surface area contributed by atoms with Gasteiger partial charge >= 0.3 is 6.18 Å². The highest BCUT2D eigenvalue weighted by molar-refractivity contribution is 4.99. The molecule has 1 aliphatic carbocycles. The van der Waals surface area contributed by atoms with Crippen molar-refractivity contribution in [2.75, 3.05) is 13.1 Å². The number of nitrogens with zero attached hydrogens (tertiary/aromatic N) is 1. The number of hydrogen-bond donors (Lipinski definition) is 1. The highest BCUT2D eigenvalue weighted by Crippen LogP contribution is 2.44. The zero-order valence-corrected chi connectivity index (χ0v) is 13.1. The molecule has 2 unspecified atom stereocenters. The topological polar surface area (TPSA) is 29.3 Å². The molecule has 20 heavy (non-hydrogen) atoms. The van der Waals surface area contributed by atoms with Crippen LogP contribution in [0.2, 0.25) is 0 Å². The molecule has 1 rings (SSSR count). The quantitative estimate of drug-likeness (QED) is 0.835. The predicted molar refractivity (Wildman–Crippen MR) is 76.5 cm³/mol. The first kappa shape index (κ1) is 17.8. The second-order valence-electron chi connectivity index (χ2n) is 6.90. The highest BCUT2D eigenvalue weighted by Gasteiger charge is 2.49. The molecule has 0 aromatic heterocycles. The molecular weight excluding hydrogens is 265 g/mol. The molecule has 0 radical (unpaired) electrons. The van der Waals surface area contributed by atoms with Gasteiger partial charge in [0.05, 0.1) is 5.92 Å². The van der Waals surface area contributed by atoms with Crippen LogP contribution in [0.5, 0.6) is 0 Å². The lowest BCUT2D eigenvalue weighted by Crippen LogP contribution is -2.60. The molecule has 2 N–H and O–H groups in total. The maximum absolute atomic E-state index is 13.1. The fourth-order valence-electron chi connectivity index (χ4n) is 3.53. The summed E-state index contributed by atoms with van der Waals surface area (Å²) in [6.07, 6.45) is -2.30.